The van der Waals surface area contributed by atoms with Crippen LogP contribution in [0.4, 0.5) is 4.39 Å². The number of nitrogens with one attached hydrogen (secondary N) is 2. The maximum absolute atomic E-state index is 15.3. The van der Waals surface area contributed by atoms with Gasteiger partial charge in [0.15, 0.2) is 11.6 Å². The maximum atomic E-state index is 15.3. The molecular weight excluding hydrogens is 647 g/mol. The number of hydrogen-bond acceptors (Lipinski definition) is 6. The quantitative estimate of drug-likeness (QED) is 0.197. The third-order valence-corrected chi connectivity index (χ3v) is 10.4. The van der Waals surface area contributed by atoms with Crippen LogP contribution in [0.15, 0.2) is 102 Å². The van der Waals surface area contributed by atoms with E-state index >= 15 is 4.39 Å². The zero-order valence-corrected chi connectivity index (χ0v) is 29.4. The van der Waals surface area contributed by atoms with Gasteiger partial charge in [0.05, 0.1) is 35.5 Å². The Morgan fingerprint density at radius 2 is 1.59 bits per heavy atom. The van der Waals surface area contributed by atoms with Gasteiger partial charge in [-0.2, -0.15) is 0 Å². The highest BCUT2D eigenvalue weighted by molar-refractivity contribution is 6.03. The Kier molecular flexibility index (Phi) is 10.7. The molecule has 0 radical (unpaired) electrons. The first-order valence-corrected chi connectivity index (χ1v) is 17.6. The van der Waals surface area contributed by atoms with Crippen molar-refractivity contribution in [1.29, 1.82) is 0 Å². The first-order chi connectivity index (χ1) is 24.6. The van der Waals surface area contributed by atoms with Crippen LogP contribution in [-0.2, 0) is 20.9 Å². The van der Waals surface area contributed by atoms with Crippen LogP contribution in [0.25, 0.3) is 10.8 Å². The Morgan fingerprint density at radius 1 is 0.863 bits per heavy atom. The van der Waals surface area contributed by atoms with Crippen molar-refractivity contribution in [3.05, 3.63) is 119 Å². The molecule has 3 aliphatic rings. The molecule has 0 aliphatic heterocycles. The molecule has 266 valence electrons. The normalized spacial score (nSPS) is 24.2. The molecule has 6 rings (SSSR count). The molecule has 0 spiro atoms. The molecule has 0 heterocycles. The summed E-state index contributed by atoms with van der Waals surface area (Å²) < 4.78 is 32.6. The second kappa shape index (κ2) is 15.4. The first-order valence-electron chi connectivity index (χ1n) is 17.6. The number of ether oxygens (including phenoxy) is 3. The molecule has 0 unspecified atom stereocenters. The van der Waals surface area contributed by atoms with Gasteiger partial charge in [-0.3, -0.25) is 14.4 Å². The lowest BCUT2D eigenvalue weighted by Crippen LogP contribution is -2.41. The minimum atomic E-state index is -0.698. The van der Waals surface area contributed by atoms with Gasteiger partial charge < -0.3 is 24.8 Å². The molecule has 2 saturated carbocycles. The van der Waals surface area contributed by atoms with E-state index in [9.17, 15) is 14.4 Å². The van der Waals surface area contributed by atoms with Crippen molar-refractivity contribution in [3.63, 3.8) is 0 Å². The van der Waals surface area contributed by atoms with Crippen LogP contribution in [0.5, 0.6) is 11.5 Å². The van der Waals surface area contributed by atoms with Gasteiger partial charge in [0.25, 0.3) is 11.8 Å². The highest BCUT2D eigenvalue weighted by Crippen LogP contribution is 2.41. The summed E-state index contributed by atoms with van der Waals surface area (Å²) in [6.07, 6.45) is 15.3. The Balaban J connectivity index is 1.10. The molecule has 51 heavy (non-hydrogen) atoms. The first kappa shape index (κ1) is 35.6. The predicted molar refractivity (Wildman–Crippen MR) is 195 cm³/mol. The smallest absolute Gasteiger partial charge is 0.312 e. The minimum absolute atomic E-state index is 0.0253. The molecule has 0 saturated heterocycles. The van der Waals surface area contributed by atoms with Gasteiger partial charge in [0.2, 0.25) is 0 Å². The van der Waals surface area contributed by atoms with Crippen molar-refractivity contribution in [2.45, 2.75) is 71.5 Å². The molecule has 3 aliphatic carbocycles. The zero-order chi connectivity index (χ0) is 36.0. The summed E-state index contributed by atoms with van der Waals surface area (Å²) in [7, 11) is 1.36. The molecule has 3 aromatic rings. The number of halogens is 1. The Hall–Kier alpha value is -5.18. The number of hydrogen-bond donors (Lipinski definition) is 2. The molecular formula is C42H45FN2O6. The molecule has 0 aromatic heterocycles. The number of rotatable bonds is 11. The van der Waals surface area contributed by atoms with Gasteiger partial charge in [-0.05, 0) is 85.4 Å². The zero-order valence-electron chi connectivity index (χ0n) is 29.4. The van der Waals surface area contributed by atoms with Gasteiger partial charge in [0.1, 0.15) is 12.4 Å². The fourth-order valence-corrected chi connectivity index (χ4v) is 6.89. The van der Waals surface area contributed by atoms with Crippen LogP contribution in [-0.4, -0.2) is 37.5 Å². The average Bonchev–Trinajstić information content (AvgIpc) is 3.11. The van der Waals surface area contributed by atoms with Crippen molar-refractivity contribution in [2.75, 3.05) is 13.7 Å². The summed E-state index contributed by atoms with van der Waals surface area (Å²) in [4.78, 5) is 40.3. The van der Waals surface area contributed by atoms with Gasteiger partial charge in [0, 0.05) is 12.6 Å². The van der Waals surface area contributed by atoms with E-state index in [2.05, 4.69) is 17.6 Å². The fourth-order valence-electron chi connectivity index (χ4n) is 6.89. The monoisotopic (exact) mass is 692 g/mol. The molecule has 0 atom stereocenters. The third-order valence-electron chi connectivity index (χ3n) is 10.4. The highest BCUT2D eigenvalue weighted by atomic mass is 19.1. The summed E-state index contributed by atoms with van der Waals surface area (Å²) in [5.74, 6) is -1.89. The van der Waals surface area contributed by atoms with Crippen LogP contribution < -0.4 is 20.1 Å². The van der Waals surface area contributed by atoms with Crippen molar-refractivity contribution in [3.8, 4) is 11.5 Å². The summed E-state index contributed by atoms with van der Waals surface area (Å²) in [5, 5.41) is 8.00. The molecule has 2 N–H and O–H groups in total. The lowest BCUT2D eigenvalue weighted by atomic mass is 9.70. The SMILES string of the molecule is COc1cc(F)c(O[C@H]2CC[C@@](C)(C(=O)OCc3cccc4ccccc34)CC2)cc1C(=O)NC1=C/C=C\C=C/C=C\1C(=O)NCC1(C)CCC1. The maximum Gasteiger partial charge on any atom is 0.312 e. The van der Waals surface area contributed by atoms with Crippen molar-refractivity contribution in [1.82, 2.24) is 10.6 Å². The van der Waals surface area contributed by atoms with Crippen LogP contribution in [0.3, 0.4) is 0 Å². The number of methoxy groups -OCH3 is 1. The largest absolute Gasteiger partial charge is 0.496 e. The Labute approximate surface area is 298 Å². The average molecular weight is 693 g/mol. The third kappa shape index (κ3) is 8.25. The van der Waals surface area contributed by atoms with Crippen molar-refractivity contribution < 1.29 is 33.0 Å². The van der Waals surface area contributed by atoms with E-state index in [0.717, 1.165) is 41.7 Å². The molecule has 2 fully saturated rings. The number of allylic oxidation sites excluding steroid dienone is 6. The Bertz CT molecular complexity index is 1930. The van der Waals surface area contributed by atoms with E-state index in [4.69, 9.17) is 14.2 Å². The predicted octanol–water partition coefficient (Wildman–Crippen LogP) is 8.03. The van der Waals surface area contributed by atoms with E-state index in [1.807, 2.05) is 49.4 Å². The van der Waals surface area contributed by atoms with E-state index in [1.165, 1.54) is 13.2 Å². The van der Waals surface area contributed by atoms with Crippen LogP contribution >= 0.6 is 0 Å². The van der Waals surface area contributed by atoms with E-state index < -0.39 is 17.1 Å². The van der Waals surface area contributed by atoms with Gasteiger partial charge >= 0.3 is 5.97 Å². The molecule has 8 nitrogen and oxygen atoms in total. The molecule has 2 amide bonds. The van der Waals surface area contributed by atoms with Gasteiger partial charge in [-0.1, -0.05) is 80.1 Å². The topological polar surface area (TPSA) is 103 Å². The minimum Gasteiger partial charge on any atom is -0.496 e. The van der Waals surface area contributed by atoms with Gasteiger partial charge in [-0.15, -0.1) is 0 Å². The second-order valence-corrected chi connectivity index (χ2v) is 14.3. The van der Waals surface area contributed by atoms with Crippen molar-refractivity contribution >= 4 is 28.6 Å². The second-order valence-electron chi connectivity index (χ2n) is 14.3. The summed E-state index contributed by atoms with van der Waals surface area (Å²) in [6, 6.07) is 16.4. The van der Waals surface area contributed by atoms with Crippen LogP contribution in [0.1, 0.15) is 74.7 Å². The number of esters is 1. The van der Waals surface area contributed by atoms with Crippen LogP contribution in [0, 0.1) is 16.6 Å². The van der Waals surface area contributed by atoms with E-state index in [-0.39, 0.29) is 47.1 Å². The highest BCUT2D eigenvalue weighted by Gasteiger charge is 2.40. The lowest BCUT2D eigenvalue weighted by Gasteiger charge is -2.38. The lowest BCUT2D eigenvalue weighted by molar-refractivity contribution is -0.159. The number of carbonyl (C=O) groups is 3. The standard InChI is InChI=1S/C42H45FN2O6/c1-41(20-11-21-41)27-44-38(46)32-16-6-4-5-7-17-35(32)45-39(47)33-24-37(34(43)25-36(33)49-3)51-30-18-22-42(2,23-19-30)40(48)50-26-29-14-10-13-28-12-8-9-15-31(28)29/h4-10,12-17,24-25,30H,11,18-23,26-27H2,1-3H3,(H,44,46)(H,45,47)/b5-4?,6-4-,7-5-,16-6?,17-7?,32-16+,35-17+,35-32?/t30-,42+. The number of carbonyl (C=O) groups excluding carboxylic acids is 3. The molecule has 0 bridgehead atoms. The van der Waals surface area contributed by atoms with Crippen LogP contribution in [0.2, 0.25) is 0 Å². The van der Waals surface area contributed by atoms with E-state index in [1.54, 1.807) is 36.5 Å². The molecule has 3 aromatic carbocycles. The Morgan fingerprint density at radius 3 is 2.31 bits per heavy atom. The summed E-state index contributed by atoms with van der Waals surface area (Å²) in [5.41, 5.74) is 0.975. The number of fused-ring (bicyclic) bond motifs is 1. The number of amides is 2. The van der Waals surface area contributed by atoms with Gasteiger partial charge in [-0.25, -0.2) is 4.39 Å². The summed E-state index contributed by atoms with van der Waals surface area (Å²) in [6.45, 7) is 4.78. The number of benzene rings is 3. The fraction of sp³-hybridized carbons (Fsp3) is 0.357. The van der Waals surface area contributed by atoms with E-state index in [0.29, 0.717) is 43.5 Å². The van der Waals surface area contributed by atoms with Crippen molar-refractivity contribution in [2.24, 2.45) is 10.8 Å². The molecule has 9 heteroatoms. The summed E-state index contributed by atoms with van der Waals surface area (Å²) >= 11 is 0.